The normalized spacial score (nSPS) is 18.9. The average molecular weight is 261 g/mol. The highest BCUT2D eigenvalue weighted by molar-refractivity contribution is 5.25. The van der Waals surface area contributed by atoms with Crippen molar-refractivity contribution in [3.05, 3.63) is 47.4 Å². The molecule has 0 amide bonds. The summed E-state index contributed by atoms with van der Waals surface area (Å²) in [5.41, 5.74) is 6.54. The van der Waals surface area contributed by atoms with Crippen molar-refractivity contribution >= 4 is 0 Å². The molecular formula is C14H16FN3O. The van der Waals surface area contributed by atoms with Crippen LogP contribution in [0.1, 0.15) is 49.4 Å². The van der Waals surface area contributed by atoms with E-state index in [0.29, 0.717) is 11.7 Å². The van der Waals surface area contributed by atoms with Crippen molar-refractivity contribution in [2.24, 2.45) is 5.73 Å². The molecule has 3 rings (SSSR count). The molecule has 1 atom stereocenters. The monoisotopic (exact) mass is 261 g/mol. The van der Waals surface area contributed by atoms with Gasteiger partial charge in [0.1, 0.15) is 5.82 Å². The van der Waals surface area contributed by atoms with Crippen molar-refractivity contribution < 1.29 is 8.91 Å². The fourth-order valence-corrected chi connectivity index (χ4v) is 2.31. The molecule has 1 saturated carbocycles. The van der Waals surface area contributed by atoms with Crippen LogP contribution in [0.2, 0.25) is 0 Å². The number of nitrogens with two attached hydrogens (primary N) is 1. The number of benzene rings is 1. The van der Waals surface area contributed by atoms with E-state index >= 15 is 0 Å². The minimum absolute atomic E-state index is 0.138. The van der Waals surface area contributed by atoms with Crippen molar-refractivity contribution in [1.29, 1.82) is 0 Å². The van der Waals surface area contributed by atoms with Crippen molar-refractivity contribution in [2.45, 2.75) is 37.6 Å². The first kappa shape index (κ1) is 12.3. The summed E-state index contributed by atoms with van der Waals surface area (Å²) in [6, 6.07) is 6.42. The van der Waals surface area contributed by atoms with Crippen LogP contribution in [0.3, 0.4) is 0 Å². The van der Waals surface area contributed by atoms with E-state index in [1.54, 1.807) is 6.07 Å². The summed E-state index contributed by atoms with van der Waals surface area (Å²) in [5, 5.41) is 3.97. The van der Waals surface area contributed by atoms with Crippen LogP contribution in [0.15, 0.2) is 28.8 Å². The summed E-state index contributed by atoms with van der Waals surface area (Å²) in [7, 11) is 0. The molecule has 0 saturated heterocycles. The number of hydrogen-bond donors (Lipinski definition) is 1. The van der Waals surface area contributed by atoms with Gasteiger partial charge in [0.05, 0.1) is 11.5 Å². The van der Waals surface area contributed by atoms with Gasteiger partial charge in [-0.2, -0.15) is 4.98 Å². The Kier molecular flexibility index (Phi) is 2.86. The van der Waals surface area contributed by atoms with Crippen LogP contribution in [-0.4, -0.2) is 10.1 Å². The van der Waals surface area contributed by atoms with Crippen LogP contribution in [0.4, 0.5) is 4.39 Å². The molecule has 2 N–H and O–H groups in total. The van der Waals surface area contributed by atoms with E-state index in [2.05, 4.69) is 10.1 Å². The molecule has 1 aliphatic rings. The van der Waals surface area contributed by atoms with Gasteiger partial charge in [-0.1, -0.05) is 17.3 Å². The zero-order chi connectivity index (χ0) is 13.5. The highest BCUT2D eigenvalue weighted by Crippen LogP contribution is 2.37. The quantitative estimate of drug-likeness (QED) is 0.922. The molecule has 5 heteroatoms. The van der Waals surface area contributed by atoms with E-state index in [4.69, 9.17) is 10.3 Å². The van der Waals surface area contributed by atoms with Gasteiger partial charge in [-0.05, 0) is 43.9 Å². The van der Waals surface area contributed by atoms with E-state index in [9.17, 15) is 4.39 Å². The fourth-order valence-electron chi connectivity index (χ4n) is 2.31. The predicted molar refractivity (Wildman–Crippen MR) is 67.9 cm³/mol. The van der Waals surface area contributed by atoms with Gasteiger partial charge < -0.3 is 10.3 Å². The van der Waals surface area contributed by atoms with Gasteiger partial charge in [-0.15, -0.1) is 0 Å². The first-order valence-electron chi connectivity index (χ1n) is 6.47. The molecular weight excluding hydrogens is 245 g/mol. The lowest BCUT2D eigenvalue weighted by Gasteiger charge is -2.34. The maximum Gasteiger partial charge on any atom is 0.233 e. The number of halogens is 1. The van der Waals surface area contributed by atoms with E-state index in [-0.39, 0.29) is 11.7 Å². The third kappa shape index (κ3) is 2.14. The highest BCUT2D eigenvalue weighted by atomic mass is 19.1. The van der Waals surface area contributed by atoms with E-state index in [1.807, 2.05) is 13.0 Å². The molecule has 0 spiro atoms. The largest absolute Gasteiger partial charge is 0.339 e. The average Bonchev–Trinajstić information content (AvgIpc) is 2.85. The Morgan fingerprint density at radius 1 is 1.42 bits per heavy atom. The second-order valence-electron chi connectivity index (χ2n) is 5.24. The first-order valence-corrected chi connectivity index (χ1v) is 6.47. The number of aromatic nitrogens is 2. The van der Waals surface area contributed by atoms with E-state index in [0.717, 1.165) is 24.8 Å². The second kappa shape index (κ2) is 4.42. The highest BCUT2D eigenvalue weighted by Gasteiger charge is 2.39. The Morgan fingerprint density at radius 3 is 2.84 bits per heavy atom. The van der Waals surface area contributed by atoms with Crippen LogP contribution < -0.4 is 5.73 Å². The van der Waals surface area contributed by atoms with Crippen LogP contribution in [-0.2, 0) is 5.54 Å². The summed E-state index contributed by atoms with van der Waals surface area (Å²) in [5.74, 6) is 0.647. The Morgan fingerprint density at radius 2 is 2.21 bits per heavy atom. The molecule has 0 aliphatic heterocycles. The minimum Gasteiger partial charge on any atom is -0.339 e. The summed E-state index contributed by atoms with van der Waals surface area (Å²) in [6.07, 6.45) is 2.88. The van der Waals surface area contributed by atoms with Crippen LogP contribution >= 0.6 is 0 Å². The molecule has 4 nitrogen and oxygen atoms in total. The third-order valence-corrected chi connectivity index (χ3v) is 3.85. The predicted octanol–water partition coefficient (Wildman–Crippen LogP) is 2.70. The van der Waals surface area contributed by atoms with Crippen molar-refractivity contribution in [3.63, 3.8) is 0 Å². The SMILES string of the molecule is CC(c1cccc(F)c1)c1nc(C2(N)CCC2)no1. The lowest BCUT2D eigenvalue weighted by atomic mass is 9.77. The van der Waals surface area contributed by atoms with Gasteiger partial charge in [0.15, 0.2) is 5.82 Å². The Hall–Kier alpha value is -1.75. The van der Waals surface area contributed by atoms with E-state index in [1.165, 1.54) is 12.1 Å². The number of rotatable bonds is 3. The van der Waals surface area contributed by atoms with Gasteiger partial charge in [0.25, 0.3) is 0 Å². The Bertz CT molecular complexity index is 592. The van der Waals surface area contributed by atoms with Crippen molar-refractivity contribution in [3.8, 4) is 0 Å². The maximum atomic E-state index is 13.2. The zero-order valence-corrected chi connectivity index (χ0v) is 10.8. The molecule has 2 aromatic rings. The Labute approximate surface area is 110 Å². The molecule has 1 aromatic carbocycles. The summed E-state index contributed by atoms with van der Waals surface area (Å²) < 4.78 is 18.5. The van der Waals surface area contributed by atoms with Crippen LogP contribution in [0, 0.1) is 5.82 Å². The second-order valence-corrected chi connectivity index (χ2v) is 5.24. The standard InChI is InChI=1S/C14H16FN3O/c1-9(10-4-2-5-11(15)8-10)12-17-13(18-19-12)14(16)6-3-7-14/h2,4-5,8-9H,3,6-7,16H2,1H3. The van der Waals surface area contributed by atoms with Crippen LogP contribution in [0.5, 0.6) is 0 Å². The third-order valence-electron chi connectivity index (χ3n) is 3.85. The fraction of sp³-hybridized carbons (Fsp3) is 0.429. The minimum atomic E-state index is -0.427. The molecule has 1 aliphatic carbocycles. The summed E-state index contributed by atoms with van der Waals surface area (Å²) in [6.45, 7) is 1.91. The molecule has 0 radical (unpaired) electrons. The van der Waals surface area contributed by atoms with Gasteiger partial charge in [-0.3, -0.25) is 0 Å². The molecule has 100 valence electrons. The lowest BCUT2D eigenvalue weighted by molar-refractivity contribution is 0.228. The molecule has 1 aromatic heterocycles. The van der Waals surface area contributed by atoms with Gasteiger partial charge in [0.2, 0.25) is 5.89 Å². The zero-order valence-electron chi connectivity index (χ0n) is 10.8. The molecule has 0 bridgehead atoms. The number of nitrogens with zero attached hydrogens (tertiary/aromatic N) is 2. The number of hydrogen-bond acceptors (Lipinski definition) is 4. The summed E-state index contributed by atoms with van der Waals surface area (Å²) >= 11 is 0. The maximum absolute atomic E-state index is 13.2. The smallest absolute Gasteiger partial charge is 0.233 e. The topological polar surface area (TPSA) is 64.9 Å². The Balaban J connectivity index is 1.86. The molecule has 19 heavy (non-hydrogen) atoms. The van der Waals surface area contributed by atoms with Crippen LogP contribution in [0.25, 0.3) is 0 Å². The molecule has 1 unspecified atom stereocenters. The molecule has 1 heterocycles. The van der Waals surface area contributed by atoms with Crippen molar-refractivity contribution in [1.82, 2.24) is 10.1 Å². The van der Waals surface area contributed by atoms with Gasteiger partial charge in [-0.25, -0.2) is 4.39 Å². The summed E-state index contributed by atoms with van der Waals surface area (Å²) in [4.78, 5) is 4.38. The van der Waals surface area contributed by atoms with Gasteiger partial charge >= 0.3 is 0 Å². The first-order chi connectivity index (χ1) is 9.08. The lowest BCUT2D eigenvalue weighted by Crippen LogP contribution is -2.44. The molecule has 1 fully saturated rings. The van der Waals surface area contributed by atoms with Gasteiger partial charge in [0, 0.05) is 0 Å². The van der Waals surface area contributed by atoms with Crippen molar-refractivity contribution in [2.75, 3.05) is 0 Å². The van der Waals surface area contributed by atoms with E-state index < -0.39 is 5.54 Å².